The number of aromatic amines is 1. The van der Waals surface area contributed by atoms with Gasteiger partial charge in [-0.2, -0.15) is 0 Å². The van der Waals surface area contributed by atoms with Crippen molar-refractivity contribution in [3.63, 3.8) is 0 Å². The van der Waals surface area contributed by atoms with Crippen molar-refractivity contribution >= 4 is 0 Å². The van der Waals surface area contributed by atoms with Crippen molar-refractivity contribution < 1.29 is 0 Å². The highest BCUT2D eigenvalue weighted by molar-refractivity contribution is 5.61. The van der Waals surface area contributed by atoms with E-state index in [2.05, 4.69) is 9.97 Å². The third kappa shape index (κ3) is 2.01. The molecule has 0 atom stereocenters. The van der Waals surface area contributed by atoms with Crippen LogP contribution in [0, 0.1) is 6.92 Å². The lowest BCUT2D eigenvalue weighted by atomic mass is 10.1. The molecule has 3 N–H and O–H groups in total. The van der Waals surface area contributed by atoms with Crippen molar-refractivity contribution in [1.29, 1.82) is 0 Å². The van der Waals surface area contributed by atoms with Crippen molar-refractivity contribution in [2.24, 2.45) is 5.73 Å². The summed E-state index contributed by atoms with van der Waals surface area (Å²) in [5.74, 6) is 0.618. The molecule has 0 saturated carbocycles. The van der Waals surface area contributed by atoms with E-state index in [9.17, 15) is 4.79 Å². The quantitative estimate of drug-likeness (QED) is 0.790. The molecule has 0 radical (unpaired) electrons. The van der Waals surface area contributed by atoms with Crippen LogP contribution in [0.4, 0.5) is 0 Å². The summed E-state index contributed by atoms with van der Waals surface area (Å²) in [5, 5.41) is 0. The maximum Gasteiger partial charge on any atom is 0.258 e. The van der Waals surface area contributed by atoms with Crippen LogP contribution in [0.3, 0.4) is 0 Å². The minimum Gasteiger partial charge on any atom is -0.326 e. The first kappa shape index (κ1) is 10.6. The van der Waals surface area contributed by atoms with E-state index < -0.39 is 0 Å². The summed E-state index contributed by atoms with van der Waals surface area (Å²) >= 11 is 0. The van der Waals surface area contributed by atoms with E-state index >= 15 is 0 Å². The van der Waals surface area contributed by atoms with Crippen molar-refractivity contribution in [1.82, 2.24) is 9.97 Å². The zero-order valence-corrected chi connectivity index (χ0v) is 9.03. The van der Waals surface area contributed by atoms with E-state index in [-0.39, 0.29) is 5.56 Å². The molecule has 1 heterocycles. The molecule has 0 bridgehead atoms. The van der Waals surface area contributed by atoms with Crippen LogP contribution in [0.25, 0.3) is 11.1 Å². The Bertz CT molecular complexity index is 543. The Balaban J connectivity index is 2.46. The first-order chi connectivity index (χ1) is 7.70. The average Bonchev–Trinajstić information content (AvgIpc) is 2.29. The first-order valence-corrected chi connectivity index (χ1v) is 5.06. The summed E-state index contributed by atoms with van der Waals surface area (Å²) < 4.78 is 0. The predicted octanol–water partition coefficient (Wildman–Crippen LogP) is 1.20. The van der Waals surface area contributed by atoms with E-state index in [1.54, 1.807) is 13.1 Å². The molecular formula is C12H13N3O. The van der Waals surface area contributed by atoms with Crippen LogP contribution >= 0.6 is 0 Å². The van der Waals surface area contributed by atoms with Gasteiger partial charge in [0.25, 0.3) is 5.56 Å². The Morgan fingerprint density at radius 3 is 2.56 bits per heavy atom. The Hall–Kier alpha value is -1.94. The monoisotopic (exact) mass is 215 g/mol. The molecule has 0 unspecified atom stereocenters. The van der Waals surface area contributed by atoms with E-state index in [1.807, 2.05) is 24.3 Å². The highest BCUT2D eigenvalue weighted by atomic mass is 16.1. The molecule has 0 spiro atoms. The third-order valence-corrected chi connectivity index (χ3v) is 2.43. The summed E-state index contributed by atoms with van der Waals surface area (Å²) in [5.41, 5.74) is 7.86. The van der Waals surface area contributed by atoms with E-state index in [4.69, 9.17) is 5.73 Å². The fourth-order valence-corrected chi connectivity index (χ4v) is 1.51. The Morgan fingerprint density at radius 1 is 1.31 bits per heavy atom. The third-order valence-electron chi connectivity index (χ3n) is 2.43. The van der Waals surface area contributed by atoms with Crippen LogP contribution in [0.15, 0.2) is 35.3 Å². The molecule has 0 aliphatic carbocycles. The largest absolute Gasteiger partial charge is 0.326 e. The number of nitrogens with two attached hydrogens (primary N) is 1. The number of hydrogen-bond donors (Lipinski definition) is 2. The topological polar surface area (TPSA) is 71.8 Å². The fourth-order valence-electron chi connectivity index (χ4n) is 1.51. The second-order valence-corrected chi connectivity index (χ2v) is 3.61. The fraction of sp³-hybridized carbons (Fsp3) is 0.167. The zero-order chi connectivity index (χ0) is 11.5. The molecule has 82 valence electrons. The SMILES string of the molecule is Cc1ncc(-c2ccc(CN)cc2)c(=O)[nH]1. The lowest BCUT2D eigenvalue weighted by molar-refractivity contribution is 1.02. The van der Waals surface area contributed by atoms with E-state index in [1.165, 1.54) is 0 Å². The lowest BCUT2D eigenvalue weighted by Gasteiger charge is -2.02. The van der Waals surface area contributed by atoms with Gasteiger partial charge < -0.3 is 10.7 Å². The molecule has 0 aliphatic rings. The average molecular weight is 215 g/mol. The van der Waals surface area contributed by atoms with Crippen LogP contribution in [-0.4, -0.2) is 9.97 Å². The minimum absolute atomic E-state index is 0.118. The number of hydrogen-bond acceptors (Lipinski definition) is 3. The van der Waals surface area contributed by atoms with Gasteiger partial charge >= 0.3 is 0 Å². The van der Waals surface area contributed by atoms with Crippen LogP contribution in [-0.2, 0) is 6.54 Å². The molecule has 4 nitrogen and oxygen atoms in total. The number of rotatable bonds is 2. The second-order valence-electron chi connectivity index (χ2n) is 3.61. The summed E-state index contributed by atoms with van der Waals surface area (Å²) in [6.45, 7) is 2.26. The molecule has 4 heteroatoms. The van der Waals surface area contributed by atoms with Gasteiger partial charge in [-0.1, -0.05) is 24.3 Å². The standard InChI is InChI=1S/C12H13N3O/c1-8-14-7-11(12(16)15-8)10-4-2-9(6-13)3-5-10/h2-5,7H,6,13H2,1H3,(H,14,15,16). The maximum atomic E-state index is 11.7. The Kier molecular flexibility index (Phi) is 2.83. The summed E-state index contributed by atoms with van der Waals surface area (Å²) in [4.78, 5) is 18.4. The van der Waals surface area contributed by atoms with Gasteiger partial charge in [-0.15, -0.1) is 0 Å². The van der Waals surface area contributed by atoms with Gasteiger partial charge in [-0.3, -0.25) is 4.79 Å². The van der Waals surface area contributed by atoms with Gasteiger partial charge in [0.1, 0.15) is 5.82 Å². The molecule has 0 aliphatic heterocycles. The van der Waals surface area contributed by atoms with E-state index in [0.717, 1.165) is 11.1 Å². The van der Waals surface area contributed by atoms with Gasteiger partial charge in [0.15, 0.2) is 0 Å². The number of H-pyrrole nitrogens is 1. The lowest BCUT2D eigenvalue weighted by Crippen LogP contribution is -2.11. The molecule has 0 amide bonds. The molecular weight excluding hydrogens is 202 g/mol. The molecule has 0 fully saturated rings. The van der Waals surface area contributed by atoms with Crippen molar-refractivity contribution in [2.45, 2.75) is 13.5 Å². The highest BCUT2D eigenvalue weighted by Crippen LogP contribution is 2.14. The van der Waals surface area contributed by atoms with Crippen LogP contribution in [0.5, 0.6) is 0 Å². The number of nitrogens with zero attached hydrogens (tertiary/aromatic N) is 1. The van der Waals surface area contributed by atoms with Gasteiger partial charge in [0, 0.05) is 12.7 Å². The van der Waals surface area contributed by atoms with Crippen LogP contribution < -0.4 is 11.3 Å². The van der Waals surface area contributed by atoms with Gasteiger partial charge in [0.2, 0.25) is 0 Å². The number of nitrogens with one attached hydrogen (secondary N) is 1. The Labute approximate surface area is 93.2 Å². The second kappa shape index (κ2) is 4.28. The van der Waals surface area contributed by atoms with Crippen molar-refractivity contribution in [3.8, 4) is 11.1 Å². The predicted molar refractivity (Wildman–Crippen MR) is 62.9 cm³/mol. The van der Waals surface area contributed by atoms with Crippen LogP contribution in [0.2, 0.25) is 0 Å². The van der Waals surface area contributed by atoms with Gasteiger partial charge in [-0.05, 0) is 18.1 Å². The molecule has 2 rings (SSSR count). The summed E-state index contributed by atoms with van der Waals surface area (Å²) in [7, 11) is 0. The van der Waals surface area contributed by atoms with Gasteiger partial charge in [-0.25, -0.2) is 4.98 Å². The molecule has 1 aromatic heterocycles. The first-order valence-electron chi connectivity index (χ1n) is 5.06. The molecule has 2 aromatic rings. The summed E-state index contributed by atoms with van der Waals surface area (Å²) in [6.07, 6.45) is 1.59. The zero-order valence-electron chi connectivity index (χ0n) is 9.03. The Morgan fingerprint density at radius 2 is 2.00 bits per heavy atom. The molecule has 16 heavy (non-hydrogen) atoms. The molecule has 1 aromatic carbocycles. The number of benzene rings is 1. The van der Waals surface area contributed by atoms with Gasteiger partial charge in [0.05, 0.1) is 5.56 Å². The van der Waals surface area contributed by atoms with Crippen LogP contribution in [0.1, 0.15) is 11.4 Å². The van der Waals surface area contributed by atoms with Crippen molar-refractivity contribution in [3.05, 3.63) is 52.2 Å². The van der Waals surface area contributed by atoms with Crippen molar-refractivity contribution in [2.75, 3.05) is 0 Å². The maximum absolute atomic E-state index is 11.7. The molecule has 0 saturated heterocycles. The summed E-state index contributed by atoms with van der Waals surface area (Å²) in [6, 6.07) is 7.58. The number of aryl methyl sites for hydroxylation is 1. The van der Waals surface area contributed by atoms with E-state index in [0.29, 0.717) is 17.9 Å². The smallest absolute Gasteiger partial charge is 0.258 e. The highest BCUT2D eigenvalue weighted by Gasteiger charge is 2.03. The normalized spacial score (nSPS) is 10.4. The number of aromatic nitrogens is 2. The minimum atomic E-state index is -0.118.